The van der Waals surface area contributed by atoms with E-state index in [2.05, 4.69) is 20.9 Å². The van der Waals surface area contributed by atoms with Crippen LogP contribution in [0.4, 0.5) is 0 Å². The number of nitrogens with one attached hydrogen (secondary N) is 2. The van der Waals surface area contributed by atoms with Crippen molar-refractivity contribution in [2.24, 2.45) is 7.05 Å². The molecule has 0 atom stereocenters. The average molecular weight is 358 g/mol. The molecule has 0 fully saturated rings. The molecular formula is C17H16ClN5O2. The minimum atomic E-state index is -0.436. The van der Waals surface area contributed by atoms with Crippen LogP contribution in [-0.4, -0.2) is 26.6 Å². The van der Waals surface area contributed by atoms with Gasteiger partial charge in [-0.1, -0.05) is 11.6 Å². The summed E-state index contributed by atoms with van der Waals surface area (Å²) in [5, 5.41) is 5.49. The van der Waals surface area contributed by atoms with Crippen molar-refractivity contribution < 1.29 is 9.59 Å². The van der Waals surface area contributed by atoms with Gasteiger partial charge in [0.25, 0.3) is 11.8 Å². The molecule has 0 aliphatic rings. The van der Waals surface area contributed by atoms with Gasteiger partial charge in [0.2, 0.25) is 0 Å². The number of carbonyl (C=O) groups excluding carboxylic acids is 2. The van der Waals surface area contributed by atoms with Crippen molar-refractivity contribution in [3.63, 3.8) is 0 Å². The maximum absolute atomic E-state index is 12.6. The number of carbonyl (C=O) groups is 2. The molecule has 2 aromatic heterocycles. The van der Waals surface area contributed by atoms with Crippen molar-refractivity contribution in [1.29, 1.82) is 0 Å². The highest BCUT2D eigenvalue weighted by Crippen LogP contribution is 2.21. The van der Waals surface area contributed by atoms with E-state index in [4.69, 9.17) is 11.6 Å². The quantitative estimate of drug-likeness (QED) is 0.689. The van der Waals surface area contributed by atoms with E-state index in [1.165, 1.54) is 0 Å². The number of hydrazine groups is 1. The van der Waals surface area contributed by atoms with Gasteiger partial charge in [-0.3, -0.25) is 25.1 Å². The van der Waals surface area contributed by atoms with Crippen LogP contribution < -0.4 is 10.9 Å². The Labute approximate surface area is 149 Å². The van der Waals surface area contributed by atoms with E-state index in [1.54, 1.807) is 49.0 Å². The SMILES string of the molecule is Cc1cc(C(=O)NNC(=O)c2ccc(Cl)cc2)c2c(C)nn(C)c2n1. The van der Waals surface area contributed by atoms with Gasteiger partial charge < -0.3 is 0 Å². The fraction of sp³-hybridized carbons (Fsp3) is 0.176. The van der Waals surface area contributed by atoms with E-state index >= 15 is 0 Å². The van der Waals surface area contributed by atoms with Crippen LogP contribution in [0.15, 0.2) is 30.3 Å². The minimum absolute atomic E-state index is 0.387. The normalized spacial score (nSPS) is 10.7. The third-order valence-electron chi connectivity index (χ3n) is 3.74. The van der Waals surface area contributed by atoms with Gasteiger partial charge in [-0.05, 0) is 44.2 Å². The summed E-state index contributed by atoms with van der Waals surface area (Å²) in [5.41, 5.74) is 7.62. The number of benzene rings is 1. The zero-order valence-electron chi connectivity index (χ0n) is 13.9. The van der Waals surface area contributed by atoms with Gasteiger partial charge in [0, 0.05) is 23.3 Å². The Kier molecular flexibility index (Phi) is 4.41. The van der Waals surface area contributed by atoms with Crippen LogP contribution in [0.3, 0.4) is 0 Å². The highest BCUT2D eigenvalue weighted by Gasteiger charge is 2.18. The molecule has 128 valence electrons. The Balaban J connectivity index is 1.83. The molecule has 2 N–H and O–H groups in total. The minimum Gasteiger partial charge on any atom is -0.267 e. The van der Waals surface area contributed by atoms with E-state index in [9.17, 15) is 9.59 Å². The third kappa shape index (κ3) is 3.32. The number of amides is 2. The molecule has 2 amide bonds. The summed E-state index contributed by atoms with van der Waals surface area (Å²) in [6.45, 7) is 3.60. The molecule has 0 saturated carbocycles. The van der Waals surface area contributed by atoms with Gasteiger partial charge in [-0.25, -0.2) is 4.98 Å². The summed E-state index contributed by atoms with van der Waals surface area (Å²) in [6, 6.07) is 8.02. The number of pyridine rings is 1. The van der Waals surface area contributed by atoms with E-state index < -0.39 is 11.8 Å². The van der Waals surface area contributed by atoms with Crippen LogP contribution in [0, 0.1) is 13.8 Å². The average Bonchev–Trinajstić information content (AvgIpc) is 2.86. The number of aromatic nitrogens is 3. The number of aryl methyl sites for hydroxylation is 3. The molecule has 3 aromatic rings. The van der Waals surface area contributed by atoms with E-state index in [0.29, 0.717) is 38.6 Å². The Morgan fingerprint density at radius 1 is 1.08 bits per heavy atom. The summed E-state index contributed by atoms with van der Waals surface area (Å²) in [7, 11) is 1.77. The van der Waals surface area contributed by atoms with E-state index in [1.807, 2.05) is 6.92 Å². The number of hydrogen-bond donors (Lipinski definition) is 2. The molecule has 0 unspecified atom stereocenters. The molecule has 7 nitrogen and oxygen atoms in total. The van der Waals surface area contributed by atoms with Crippen LogP contribution in [0.5, 0.6) is 0 Å². The predicted molar refractivity (Wildman–Crippen MR) is 94.4 cm³/mol. The predicted octanol–water partition coefficient (Wildman–Crippen LogP) is 2.31. The maximum atomic E-state index is 12.6. The summed E-state index contributed by atoms with van der Waals surface area (Å²) in [4.78, 5) is 29.1. The van der Waals surface area contributed by atoms with E-state index in [0.717, 1.165) is 0 Å². The van der Waals surface area contributed by atoms with Crippen LogP contribution >= 0.6 is 11.6 Å². The largest absolute Gasteiger partial charge is 0.270 e. The van der Waals surface area contributed by atoms with Gasteiger partial charge in [0.15, 0.2) is 5.65 Å². The van der Waals surface area contributed by atoms with Crippen LogP contribution in [0.25, 0.3) is 11.0 Å². The smallest absolute Gasteiger partial charge is 0.267 e. The van der Waals surface area contributed by atoms with Gasteiger partial charge >= 0.3 is 0 Å². The number of rotatable bonds is 2. The first-order valence-electron chi connectivity index (χ1n) is 7.54. The zero-order chi connectivity index (χ0) is 18.1. The molecule has 8 heteroatoms. The van der Waals surface area contributed by atoms with Gasteiger partial charge in [0.1, 0.15) is 0 Å². The zero-order valence-corrected chi connectivity index (χ0v) is 14.7. The molecule has 0 aliphatic carbocycles. The number of fused-ring (bicyclic) bond motifs is 1. The Morgan fingerprint density at radius 2 is 1.72 bits per heavy atom. The monoisotopic (exact) mass is 357 g/mol. The molecule has 0 bridgehead atoms. The Morgan fingerprint density at radius 3 is 2.40 bits per heavy atom. The summed E-state index contributed by atoms with van der Waals surface area (Å²) in [5.74, 6) is -0.871. The van der Waals surface area contributed by atoms with Gasteiger partial charge in [-0.15, -0.1) is 0 Å². The molecule has 0 radical (unpaired) electrons. The first kappa shape index (κ1) is 16.9. The summed E-state index contributed by atoms with van der Waals surface area (Å²) >= 11 is 5.80. The first-order chi connectivity index (χ1) is 11.9. The molecular weight excluding hydrogens is 342 g/mol. The molecule has 0 saturated heterocycles. The lowest BCUT2D eigenvalue weighted by molar-refractivity contribution is 0.0847. The van der Waals surface area contributed by atoms with Crippen molar-refractivity contribution in [2.45, 2.75) is 13.8 Å². The molecule has 3 rings (SSSR count). The van der Waals surface area contributed by atoms with Crippen LogP contribution in [-0.2, 0) is 7.05 Å². The van der Waals surface area contributed by atoms with Crippen LogP contribution in [0.2, 0.25) is 5.02 Å². The van der Waals surface area contributed by atoms with Crippen LogP contribution in [0.1, 0.15) is 32.1 Å². The molecule has 0 spiro atoms. The first-order valence-corrected chi connectivity index (χ1v) is 7.92. The third-order valence-corrected chi connectivity index (χ3v) is 3.99. The lowest BCUT2D eigenvalue weighted by atomic mass is 10.1. The molecule has 2 heterocycles. The lowest BCUT2D eigenvalue weighted by Gasteiger charge is -2.09. The highest BCUT2D eigenvalue weighted by atomic mass is 35.5. The molecule has 0 aliphatic heterocycles. The number of hydrogen-bond acceptors (Lipinski definition) is 4. The second-order valence-corrected chi connectivity index (χ2v) is 6.07. The van der Waals surface area contributed by atoms with Crippen molar-refractivity contribution in [3.05, 3.63) is 57.9 Å². The second-order valence-electron chi connectivity index (χ2n) is 5.63. The van der Waals surface area contributed by atoms with Crippen molar-refractivity contribution in [3.8, 4) is 0 Å². The number of halogens is 1. The standard InChI is InChI=1S/C17H16ClN5O2/c1-9-8-13(14-10(2)22-23(3)15(14)19-9)17(25)21-20-16(24)11-4-6-12(18)7-5-11/h4-8H,1-3H3,(H,20,24)(H,21,25). The van der Waals surface area contributed by atoms with Crippen molar-refractivity contribution in [2.75, 3.05) is 0 Å². The van der Waals surface area contributed by atoms with Gasteiger partial charge in [-0.2, -0.15) is 5.10 Å². The fourth-order valence-electron chi connectivity index (χ4n) is 2.60. The molecule has 1 aromatic carbocycles. The fourth-order valence-corrected chi connectivity index (χ4v) is 2.73. The Hall–Kier alpha value is -2.93. The summed E-state index contributed by atoms with van der Waals surface area (Å²) < 4.78 is 1.63. The van der Waals surface area contributed by atoms with Gasteiger partial charge in [0.05, 0.1) is 16.6 Å². The Bertz CT molecular complexity index is 979. The number of nitrogens with zero attached hydrogens (tertiary/aromatic N) is 3. The van der Waals surface area contributed by atoms with Crippen molar-refractivity contribution in [1.82, 2.24) is 25.6 Å². The van der Waals surface area contributed by atoms with E-state index in [-0.39, 0.29) is 0 Å². The molecule has 25 heavy (non-hydrogen) atoms. The second kappa shape index (κ2) is 6.52. The van der Waals surface area contributed by atoms with Crippen molar-refractivity contribution >= 4 is 34.4 Å². The summed E-state index contributed by atoms with van der Waals surface area (Å²) in [6.07, 6.45) is 0. The topological polar surface area (TPSA) is 88.9 Å². The maximum Gasteiger partial charge on any atom is 0.270 e. The highest BCUT2D eigenvalue weighted by molar-refractivity contribution is 6.30. The lowest BCUT2D eigenvalue weighted by Crippen LogP contribution is -2.41.